The zero-order chi connectivity index (χ0) is 16.2. The van der Waals surface area contributed by atoms with E-state index in [0.29, 0.717) is 12.2 Å². The third-order valence-electron chi connectivity index (χ3n) is 5.15. The molecule has 1 heterocycles. The number of rotatable bonds is 3. The molecule has 2 aliphatic rings. The van der Waals surface area contributed by atoms with E-state index in [1.807, 2.05) is 43.3 Å². The third kappa shape index (κ3) is 1.86. The summed E-state index contributed by atoms with van der Waals surface area (Å²) in [5, 5.41) is 0. The van der Waals surface area contributed by atoms with Gasteiger partial charge in [-0.25, -0.2) is 8.42 Å². The lowest BCUT2D eigenvalue weighted by Gasteiger charge is -2.24. The van der Waals surface area contributed by atoms with Crippen molar-refractivity contribution < 1.29 is 13.2 Å². The highest BCUT2D eigenvalue weighted by Crippen LogP contribution is 2.65. The molecule has 1 saturated carbocycles. The summed E-state index contributed by atoms with van der Waals surface area (Å²) < 4.78 is 32.5. The number of fused-ring (bicyclic) bond motifs is 1. The molecule has 1 aliphatic heterocycles. The Morgan fingerprint density at radius 1 is 1.13 bits per heavy atom. The van der Waals surface area contributed by atoms with E-state index in [0.717, 1.165) is 23.3 Å². The molecule has 2 fully saturated rings. The molecule has 0 amide bonds. The number of methoxy groups -OCH3 is 1. The van der Waals surface area contributed by atoms with Crippen LogP contribution in [0.3, 0.4) is 0 Å². The van der Waals surface area contributed by atoms with Crippen molar-refractivity contribution in [2.45, 2.75) is 18.1 Å². The summed E-state index contributed by atoms with van der Waals surface area (Å²) in [5.41, 5.74) is 2.72. The van der Waals surface area contributed by atoms with Gasteiger partial charge in [-0.05, 0) is 48.7 Å². The van der Waals surface area contributed by atoms with Gasteiger partial charge >= 0.3 is 0 Å². The summed E-state index contributed by atoms with van der Waals surface area (Å²) in [7, 11) is -1.81. The van der Waals surface area contributed by atoms with Gasteiger partial charge in [0.25, 0.3) is 0 Å². The summed E-state index contributed by atoms with van der Waals surface area (Å²) >= 11 is 0. The van der Waals surface area contributed by atoms with Crippen molar-refractivity contribution >= 4 is 15.7 Å². The fraction of sp³-hybridized carbons (Fsp3) is 0.333. The minimum Gasteiger partial charge on any atom is -0.497 e. The monoisotopic (exact) mass is 329 g/mol. The lowest BCUT2D eigenvalue weighted by Crippen LogP contribution is -2.33. The van der Waals surface area contributed by atoms with Gasteiger partial charge in [0.1, 0.15) is 10.5 Å². The highest BCUT2D eigenvalue weighted by Gasteiger charge is 2.72. The number of benzene rings is 2. The summed E-state index contributed by atoms with van der Waals surface area (Å²) in [4.78, 5) is 0. The second kappa shape index (κ2) is 4.74. The second-order valence-corrected chi connectivity index (χ2v) is 8.46. The van der Waals surface area contributed by atoms with Crippen LogP contribution in [0.5, 0.6) is 5.75 Å². The average Bonchev–Trinajstić information content (AvgIpc) is 3.24. The van der Waals surface area contributed by atoms with Crippen LogP contribution < -0.4 is 9.04 Å². The van der Waals surface area contributed by atoms with E-state index >= 15 is 0 Å². The third-order valence-corrected chi connectivity index (χ3v) is 7.73. The zero-order valence-corrected chi connectivity index (χ0v) is 14.0. The van der Waals surface area contributed by atoms with Gasteiger partial charge < -0.3 is 4.74 Å². The van der Waals surface area contributed by atoms with Crippen LogP contribution in [-0.4, -0.2) is 22.1 Å². The molecule has 5 heteroatoms. The van der Waals surface area contributed by atoms with Crippen molar-refractivity contribution in [1.29, 1.82) is 0 Å². The summed E-state index contributed by atoms with van der Waals surface area (Å²) in [6.07, 6.45) is 0.729. The maximum Gasteiger partial charge on any atom is 0.245 e. The first-order valence-electron chi connectivity index (χ1n) is 7.73. The molecule has 0 spiro atoms. The van der Waals surface area contributed by atoms with Crippen LogP contribution >= 0.6 is 0 Å². The van der Waals surface area contributed by atoms with Gasteiger partial charge in [-0.1, -0.05) is 24.3 Å². The van der Waals surface area contributed by atoms with E-state index in [2.05, 4.69) is 0 Å². The first-order valence-corrected chi connectivity index (χ1v) is 9.17. The summed E-state index contributed by atoms with van der Waals surface area (Å²) in [5.74, 6) is 0.903. The van der Waals surface area contributed by atoms with Crippen LogP contribution in [0.2, 0.25) is 0 Å². The Labute approximate surface area is 136 Å². The van der Waals surface area contributed by atoms with Gasteiger partial charge in [0.15, 0.2) is 0 Å². The van der Waals surface area contributed by atoms with Gasteiger partial charge in [0.2, 0.25) is 10.0 Å². The SMILES string of the molecule is COc1ccc(N2CC3CC3(c3ccccc3C)S2(=O)=O)cc1. The Bertz CT molecular complexity index is 860. The van der Waals surface area contributed by atoms with Crippen molar-refractivity contribution in [3.8, 4) is 5.75 Å². The zero-order valence-electron chi connectivity index (χ0n) is 13.2. The predicted molar refractivity (Wildman–Crippen MR) is 90.2 cm³/mol. The molecule has 1 aliphatic carbocycles. The molecule has 4 nitrogen and oxygen atoms in total. The fourth-order valence-electron chi connectivity index (χ4n) is 3.84. The number of aryl methyl sites for hydroxylation is 1. The maximum absolute atomic E-state index is 13.3. The van der Waals surface area contributed by atoms with E-state index in [1.165, 1.54) is 0 Å². The molecule has 2 atom stereocenters. The van der Waals surface area contributed by atoms with Crippen LogP contribution in [-0.2, 0) is 14.8 Å². The molecular formula is C18H19NO3S. The molecule has 2 aromatic rings. The van der Waals surface area contributed by atoms with E-state index in [1.54, 1.807) is 23.5 Å². The normalized spacial score (nSPS) is 27.6. The van der Waals surface area contributed by atoms with Crippen molar-refractivity contribution in [2.75, 3.05) is 18.0 Å². The molecule has 0 aromatic heterocycles. The van der Waals surface area contributed by atoms with Gasteiger partial charge in [-0.3, -0.25) is 4.31 Å². The van der Waals surface area contributed by atoms with E-state index in [-0.39, 0.29) is 5.92 Å². The van der Waals surface area contributed by atoms with Crippen LogP contribution in [0.15, 0.2) is 48.5 Å². The molecule has 0 bridgehead atoms. The summed E-state index contributed by atoms with van der Waals surface area (Å²) in [6.45, 7) is 2.55. The average molecular weight is 329 g/mol. The van der Waals surface area contributed by atoms with Gasteiger partial charge in [-0.2, -0.15) is 0 Å². The molecule has 0 N–H and O–H groups in total. The number of ether oxygens (including phenoxy) is 1. The lowest BCUT2D eigenvalue weighted by molar-refractivity contribution is 0.415. The van der Waals surface area contributed by atoms with E-state index in [4.69, 9.17) is 4.74 Å². The Kier molecular flexibility index (Phi) is 3.00. The van der Waals surface area contributed by atoms with Crippen LogP contribution in [0, 0.1) is 12.8 Å². The molecule has 23 heavy (non-hydrogen) atoms. The number of hydrogen-bond acceptors (Lipinski definition) is 3. The van der Waals surface area contributed by atoms with Crippen LogP contribution in [0.4, 0.5) is 5.69 Å². The Balaban J connectivity index is 1.76. The van der Waals surface area contributed by atoms with E-state index < -0.39 is 14.8 Å². The number of hydrogen-bond donors (Lipinski definition) is 0. The Morgan fingerprint density at radius 2 is 1.83 bits per heavy atom. The smallest absolute Gasteiger partial charge is 0.245 e. The highest BCUT2D eigenvalue weighted by atomic mass is 32.2. The number of nitrogens with zero attached hydrogens (tertiary/aromatic N) is 1. The molecule has 4 rings (SSSR count). The molecule has 2 unspecified atom stereocenters. The second-order valence-electron chi connectivity index (χ2n) is 6.34. The van der Waals surface area contributed by atoms with Gasteiger partial charge in [0.05, 0.1) is 12.8 Å². The van der Waals surface area contributed by atoms with Crippen LogP contribution in [0.1, 0.15) is 17.5 Å². The topological polar surface area (TPSA) is 46.6 Å². The predicted octanol–water partition coefficient (Wildman–Crippen LogP) is 3.07. The molecule has 120 valence electrons. The Morgan fingerprint density at radius 3 is 2.48 bits per heavy atom. The molecule has 2 aromatic carbocycles. The van der Waals surface area contributed by atoms with Crippen molar-refractivity contribution in [2.24, 2.45) is 5.92 Å². The standard InChI is InChI=1S/C18H19NO3S/c1-13-5-3-4-6-17(13)18-11-14(18)12-19(23(18,20)21)15-7-9-16(22-2)10-8-15/h3-10,14H,11-12H2,1-2H3. The first-order chi connectivity index (χ1) is 11.0. The number of anilines is 1. The highest BCUT2D eigenvalue weighted by molar-refractivity contribution is 7.94. The lowest BCUT2D eigenvalue weighted by atomic mass is 10.0. The van der Waals surface area contributed by atoms with Crippen LogP contribution in [0.25, 0.3) is 0 Å². The minimum atomic E-state index is -3.41. The van der Waals surface area contributed by atoms with Gasteiger partial charge in [0, 0.05) is 12.5 Å². The molecule has 0 radical (unpaired) electrons. The number of sulfonamides is 1. The fourth-order valence-corrected chi connectivity index (χ4v) is 6.42. The Hall–Kier alpha value is -2.01. The summed E-state index contributed by atoms with van der Waals surface area (Å²) in [6, 6.07) is 15.1. The van der Waals surface area contributed by atoms with Gasteiger partial charge in [-0.15, -0.1) is 0 Å². The van der Waals surface area contributed by atoms with E-state index in [9.17, 15) is 8.42 Å². The van der Waals surface area contributed by atoms with Crippen molar-refractivity contribution in [3.05, 3.63) is 59.7 Å². The first kappa shape index (κ1) is 14.6. The molecular weight excluding hydrogens is 310 g/mol. The largest absolute Gasteiger partial charge is 0.497 e. The molecule has 1 saturated heterocycles. The maximum atomic E-state index is 13.3. The van der Waals surface area contributed by atoms with Crippen molar-refractivity contribution in [3.63, 3.8) is 0 Å². The quantitative estimate of drug-likeness (QED) is 0.869. The minimum absolute atomic E-state index is 0.177. The van der Waals surface area contributed by atoms with Crippen molar-refractivity contribution in [1.82, 2.24) is 0 Å².